The second-order valence-corrected chi connectivity index (χ2v) is 5.01. The summed E-state index contributed by atoms with van der Waals surface area (Å²) < 4.78 is 6.49. The highest BCUT2D eigenvalue weighted by atomic mass is 79.9. The van der Waals surface area contributed by atoms with Crippen LogP contribution in [0.4, 0.5) is 5.69 Å². The molecule has 94 valence electrons. The molecule has 0 bridgehead atoms. The van der Waals surface area contributed by atoms with Crippen LogP contribution in [0.5, 0.6) is 0 Å². The number of carbonyl (C=O) groups excluding carboxylic acids is 1. The first kappa shape index (κ1) is 12.0. The number of benzene rings is 2. The van der Waals surface area contributed by atoms with Crippen LogP contribution in [-0.2, 0) is 4.79 Å². The number of amides is 1. The predicted molar refractivity (Wildman–Crippen MR) is 79.0 cm³/mol. The van der Waals surface area contributed by atoms with Crippen molar-refractivity contribution in [3.63, 3.8) is 0 Å². The van der Waals surface area contributed by atoms with E-state index >= 15 is 0 Å². The van der Waals surface area contributed by atoms with Gasteiger partial charge in [0, 0.05) is 26.7 Å². The van der Waals surface area contributed by atoms with Crippen molar-refractivity contribution in [2.45, 2.75) is 0 Å². The Morgan fingerprint density at radius 3 is 2.79 bits per heavy atom. The van der Waals surface area contributed by atoms with E-state index in [1.165, 1.54) is 0 Å². The normalized spacial score (nSPS) is 10.6. The van der Waals surface area contributed by atoms with Gasteiger partial charge in [-0.05, 0) is 24.3 Å². The quantitative estimate of drug-likeness (QED) is 0.726. The number of fused-ring (bicyclic) bond motifs is 1. The van der Waals surface area contributed by atoms with Crippen molar-refractivity contribution in [3.8, 4) is 11.1 Å². The highest BCUT2D eigenvalue weighted by molar-refractivity contribution is 9.10. The lowest BCUT2D eigenvalue weighted by Crippen LogP contribution is -1.96. The second-order valence-electron chi connectivity index (χ2n) is 4.10. The van der Waals surface area contributed by atoms with Gasteiger partial charge in [-0.3, -0.25) is 4.79 Å². The summed E-state index contributed by atoms with van der Waals surface area (Å²) in [6, 6.07) is 13.5. The number of carbonyl (C=O) groups is 1. The van der Waals surface area contributed by atoms with E-state index in [-0.39, 0.29) is 0 Å². The van der Waals surface area contributed by atoms with E-state index in [9.17, 15) is 4.79 Å². The molecule has 0 aliphatic carbocycles. The van der Waals surface area contributed by atoms with Crippen molar-refractivity contribution in [1.29, 1.82) is 0 Å². The van der Waals surface area contributed by atoms with Gasteiger partial charge in [-0.15, -0.1) is 0 Å². The van der Waals surface area contributed by atoms with Crippen LogP contribution in [0.1, 0.15) is 0 Å². The Morgan fingerprint density at radius 1 is 1.11 bits per heavy atom. The van der Waals surface area contributed by atoms with Crippen molar-refractivity contribution in [3.05, 3.63) is 53.2 Å². The smallest absolute Gasteiger partial charge is 0.211 e. The standard InChI is InChI=1S/C15H10BrNO2/c16-10-5-6-14(17-9-18)12(7-10)13-8-19-15-4-2-1-3-11(13)15/h1-9H,(H,17,18). The topological polar surface area (TPSA) is 42.2 Å². The van der Waals surface area contributed by atoms with Crippen LogP contribution in [0, 0.1) is 0 Å². The van der Waals surface area contributed by atoms with E-state index in [0.29, 0.717) is 6.41 Å². The molecule has 1 aromatic heterocycles. The molecule has 0 fully saturated rings. The SMILES string of the molecule is O=CNc1ccc(Br)cc1-c1coc2ccccc12. The van der Waals surface area contributed by atoms with Crippen LogP contribution < -0.4 is 5.32 Å². The lowest BCUT2D eigenvalue weighted by atomic mass is 10.0. The number of halogens is 1. The molecule has 0 saturated heterocycles. The molecule has 19 heavy (non-hydrogen) atoms. The highest BCUT2D eigenvalue weighted by Crippen LogP contribution is 2.36. The molecule has 0 spiro atoms. The molecule has 0 aliphatic rings. The van der Waals surface area contributed by atoms with Gasteiger partial charge < -0.3 is 9.73 Å². The zero-order chi connectivity index (χ0) is 13.2. The van der Waals surface area contributed by atoms with Crippen LogP contribution >= 0.6 is 15.9 Å². The zero-order valence-electron chi connectivity index (χ0n) is 9.89. The van der Waals surface area contributed by atoms with Gasteiger partial charge in [0.05, 0.1) is 6.26 Å². The molecule has 3 nitrogen and oxygen atoms in total. The molecule has 2 aromatic carbocycles. The molecule has 1 heterocycles. The Balaban J connectivity index is 2.25. The van der Waals surface area contributed by atoms with E-state index in [1.54, 1.807) is 6.26 Å². The Hall–Kier alpha value is -2.07. The van der Waals surface area contributed by atoms with Gasteiger partial charge in [-0.1, -0.05) is 34.1 Å². The summed E-state index contributed by atoms with van der Waals surface area (Å²) in [5.41, 5.74) is 3.46. The van der Waals surface area contributed by atoms with Crippen LogP contribution in [0.15, 0.2) is 57.6 Å². The summed E-state index contributed by atoms with van der Waals surface area (Å²) in [6.45, 7) is 0. The molecular formula is C15H10BrNO2. The van der Waals surface area contributed by atoms with Crippen LogP contribution in [-0.4, -0.2) is 6.41 Å². The summed E-state index contributed by atoms with van der Waals surface area (Å²) in [7, 11) is 0. The average molecular weight is 316 g/mol. The fourth-order valence-corrected chi connectivity index (χ4v) is 2.48. The predicted octanol–water partition coefficient (Wildman–Crippen LogP) is 4.43. The number of hydrogen-bond acceptors (Lipinski definition) is 2. The third kappa shape index (κ3) is 2.15. The van der Waals surface area contributed by atoms with E-state index in [1.807, 2.05) is 42.5 Å². The van der Waals surface area contributed by atoms with E-state index in [0.717, 1.165) is 32.3 Å². The maximum atomic E-state index is 10.7. The Labute approximate surface area is 118 Å². The van der Waals surface area contributed by atoms with Crippen LogP contribution in [0.2, 0.25) is 0 Å². The average Bonchev–Trinajstić information content (AvgIpc) is 2.85. The van der Waals surface area contributed by atoms with Crippen molar-refractivity contribution < 1.29 is 9.21 Å². The monoisotopic (exact) mass is 315 g/mol. The van der Waals surface area contributed by atoms with Crippen LogP contribution in [0.25, 0.3) is 22.1 Å². The van der Waals surface area contributed by atoms with Gasteiger partial charge >= 0.3 is 0 Å². The number of furan rings is 1. The zero-order valence-corrected chi connectivity index (χ0v) is 11.5. The van der Waals surface area contributed by atoms with Gasteiger partial charge in [-0.25, -0.2) is 0 Å². The lowest BCUT2D eigenvalue weighted by Gasteiger charge is -2.07. The van der Waals surface area contributed by atoms with Crippen molar-refractivity contribution in [2.24, 2.45) is 0 Å². The lowest BCUT2D eigenvalue weighted by molar-refractivity contribution is -0.105. The largest absolute Gasteiger partial charge is 0.464 e. The summed E-state index contributed by atoms with van der Waals surface area (Å²) in [4.78, 5) is 10.7. The number of nitrogens with one attached hydrogen (secondary N) is 1. The molecule has 1 N–H and O–H groups in total. The molecule has 0 aliphatic heterocycles. The molecule has 0 radical (unpaired) electrons. The Kier molecular flexibility index (Phi) is 3.09. The molecule has 4 heteroatoms. The highest BCUT2D eigenvalue weighted by Gasteiger charge is 2.11. The first-order chi connectivity index (χ1) is 9.29. The first-order valence-corrected chi connectivity index (χ1v) is 6.55. The molecule has 3 rings (SSSR count). The Bertz CT molecular complexity index is 749. The van der Waals surface area contributed by atoms with E-state index < -0.39 is 0 Å². The minimum absolute atomic E-state index is 0.676. The second kappa shape index (κ2) is 4.90. The van der Waals surface area contributed by atoms with E-state index in [2.05, 4.69) is 21.2 Å². The summed E-state index contributed by atoms with van der Waals surface area (Å²) in [5, 5.41) is 3.74. The molecule has 1 amide bonds. The number of para-hydroxylation sites is 1. The molecule has 0 unspecified atom stereocenters. The summed E-state index contributed by atoms with van der Waals surface area (Å²) in [5.74, 6) is 0. The first-order valence-electron chi connectivity index (χ1n) is 5.76. The maximum Gasteiger partial charge on any atom is 0.211 e. The number of rotatable bonds is 3. The fourth-order valence-electron chi connectivity index (χ4n) is 2.12. The summed E-state index contributed by atoms with van der Waals surface area (Å²) >= 11 is 3.45. The minimum Gasteiger partial charge on any atom is -0.464 e. The van der Waals surface area contributed by atoms with E-state index in [4.69, 9.17) is 4.42 Å². The van der Waals surface area contributed by atoms with Crippen molar-refractivity contribution >= 4 is 39.0 Å². The number of anilines is 1. The molecule has 0 saturated carbocycles. The van der Waals surface area contributed by atoms with Crippen molar-refractivity contribution in [2.75, 3.05) is 5.32 Å². The molecule has 3 aromatic rings. The van der Waals surface area contributed by atoms with Gasteiger partial charge in [0.15, 0.2) is 0 Å². The fraction of sp³-hybridized carbons (Fsp3) is 0. The van der Waals surface area contributed by atoms with Crippen LogP contribution in [0.3, 0.4) is 0 Å². The number of hydrogen-bond donors (Lipinski definition) is 1. The molecule has 0 atom stereocenters. The molecular weight excluding hydrogens is 306 g/mol. The minimum atomic E-state index is 0.676. The van der Waals surface area contributed by atoms with Gasteiger partial charge in [0.2, 0.25) is 6.41 Å². The third-order valence-corrected chi connectivity index (χ3v) is 3.46. The van der Waals surface area contributed by atoms with Gasteiger partial charge in [-0.2, -0.15) is 0 Å². The maximum absolute atomic E-state index is 10.7. The van der Waals surface area contributed by atoms with Gasteiger partial charge in [0.1, 0.15) is 5.58 Å². The van der Waals surface area contributed by atoms with Crippen molar-refractivity contribution in [1.82, 2.24) is 0 Å². The van der Waals surface area contributed by atoms with Gasteiger partial charge in [0.25, 0.3) is 0 Å². The Morgan fingerprint density at radius 2 is 1.95 bits per heavy atom. The summed E-state index contributed by atoms with van der Waals surface area (Å²) in [6.07, 6.45) is 2.39. The third-order valence-electron chi connectivity index (χ3n) is 2.97.